The molecule has 0 bridgehead atoms. The number of hydrogen-bond acceptors (Lipinski definition) is 3. The molecule has 1 heterocycles. The number of likely N-dealkylation sites (tertiary alicyclic amines) is 1. The molecule has 1 aromatic carbocycles. The molecule has 0 aromatic heterocycles. The molecule has 126 valence electrons. The van der Waals surface area contributed by atoms with Crippen molar-refractivity contribution in [2.24, 2.45) is 5.92 Å². The van der Waals surface area contributed by atoms with Gasteiger partial charge in [0.1, 0.15) is 0 Å². The van der Waals surface area contributed by atoms with Crippen molar-refractivity contribution < 1.29 is 9.90 Å². The van der Waals surface area contributed by atoms with E-state index in [2.05, 4.69) is 22.3 Å². The van der Waals surface area contributed by atoms with Crippen molar-refractivity contribution in [3.63, 3.8) is 0 Å². The van der Waals surface area contributed by atoms with Crippen LogP contribution < -0.4 is 5.32 Å². The highest BCUT2D eigenvalue weighted by Crippen LogP contribution is 2.27. The average Bonchev–Trinajstić information content (AvgIpc) is 3.18. The highest BCUT2D eigenvalue weighted by atomic mass is 16.3. The third kappa shape index (κ3) is 4.79. The second kappa shape index (κ2) is 7.93. The van der Waals surface area contributed by atoms with Crippen LogP contribution in [0.15, 0.2) is 24.3 Å². The van der Waals surface area contributed by atoms with Gasteiger partial charge in [-0.3, -0.25) is 9.69 Å². The van der Waals surface area contributed by atoms with Crippen LogP contribution in [-0.4, -0.2) is 35.1 Å². The number of carbonyl (C=O) groups is 1. The zero-order valence-electron chi connectivity index (χ0n) is 13.8. The summed E-state index contributed by atoms with van der Waals surface area (Å²) in [6.45, 7) is 3.16. The van der Waals surface area contributed by atoms with Gasteiger partial charge in [-0.2, -0.15) is 0 Å². The van der Waals surface area contributed by atoms with Crippen LogP contribution in [0, 0.1) is 5.92 Å². The maximum atomic E-state index is 12.1. The topological polar surface area (TPSA) is 52.6 Å². The summed E-state index contributed by atoms with van der Waals surface area (Å²) in [4.78, 5) is 14.4. The second-order valence-electron chi connectivity index (χ2n) is 7.08. The molecule has 4 heteroatoms. The van der Waals surface area contributed by atoms with E-state index in [1.165, 1.54) is 36.8 Å². The lowest BCUT2D eigenvalue weighted by molar-refractivity contribution is -0.122. The largest absolute Gasteiger partial charge is 0.392 e. The average molecular weight is 316 g/mol. The van der Waals surface area contributed by atoms with Crippen LogP contribution in [0.3, 0.4) is 0 Å². The number of rotatable bonds is 6. The molecule has 23 heavy (non-hydrogen) atoms. The third-order valence-corrected chi connectivity index (χ3v) is 5.18. The fraction of sp³-hybridized carbons (Fsp3) is 0.632. The summed E-state index contributed by atoms with van der Waals surface area (Å²) in [6, 6.07) is 8.30. The first-order valence-electron chi connectivity index (χ1n) is 8.94. The summed E-state index contributed by atoms with van der Waals surface area (Å²) in [5.41, 5.74) is 2.44. The molecule has 1 aromatic rings. The van der Waals surface area contributed by atoms with Crippen molar-refractivity contribution in [1.82, 2.24) is 10.2 Å². The summed E-state index contributed by atoms with van der Waals surface area (Å²) in [5.74, 6) is 0.777. The smallest absolute Gasteiger partial charge is 0.220 e. The van der Waals surface area contributed by atoms with Crippen molar-refractivity contribution in [2.75, 3.05) is 13.1 Å². The quantitative estimate of drug-likeness (QED) is 0.847. The van der Waals surface area contributed by atoms with Crippen molar-refractivity contribution in [2.45, 2.75) is 57.7 Å². The highest BCUT2D eigenvalue weighted by Gasteiger charge is 2.21. The molecular formula is C19H28N2O2. The molecule has 1 aliphatic carbocycles. The maximum absolute atomic E-state index is 12.1. The molecule has 2 fully saturated rings. The molecule has 2 aliphatic rings. The molecule has 0 radical (unpaired) electrons. The van der Waals surface area contributed by atoms with Crippen molar-refractivity contribution >= 4 is 5.91 Å². The number of amides is 1. The first-order valence-corrected chi connectivity index (χ1v) is 8.94. The molecule has 0 unspecified atom stereocenters. The molecule has 2 N–H and O–H groups in total. The Bertz CT molecular complexity index is 526. The van der Waals surface area contributed by atoms with Crippen LogP contribution in [0.2, 0.25) is 0 Å². The van der Waals surface area contributed by atoms with Gasteiger partial charge in [0.25, 0.3) is 0 Å². The molecule has 1 saturated heterocycles. The van der Waals surface area contributed by atoms with Gasteiger partial charge < -0.3 is 10.4 Å². The monoisotopic (exact) mass is 316 g/mol. The first-order chi connectivity index (χ1) is 11.2. The Morgan fingerprint density at radius 3 is 2.61 bits per heavy atom. The number of benzene rings is 1. The van der Waals surface area contributed by atoms with Crippen LogP contribution >= 0.6 is 0 Å². The fourth-order valence-electron chi connectivity index (χ4n) is 3.82. The number of nitrogens with one attached hydrogen (secondary N) is 1. The van der Waals surface area contributed by atoms with E-state index in [-0.39, 0.29) is 12.0 Å². The van der Waals surface area contributed by atoms with Crippen LogP contribution in [0.1, 0.15) is 49.7 Å². The van der Waals surface area contributed by atoms with Gasteiger partial charge in [0.05, 0.1) is 6.10 Å². The van der Waals surface area contributed by atoms with E-state index in [1.54, 1.807) is 0 Å². The normalized spacial score (nSPS) is 22.6. The van der Waals surface area contributed by atoms with Crippen LogP contribution in [0.5, 0.6) is 0 Å². The van der Waals surface area contributed by atoms with Gasteiger partial charge in [-0.15, -0.1) is 0 Å². The SMILES string of the molecule is O=C(CC1CCCC1)NCc1ccccc1CN1CC[C@H](O)C1. The second-order valence-corrected chi connectivity index (χ2v) is 7.08. The molecule has 1 aliphatic heterocycles. The Balaban J connectivity index is 1.51. The molecule has 3 rings (SSSR count). The van der Waals surface area contributed by atoms with Gasteiger partial charge in [0, 0.05) is 32.6 Å². The Labute approximate surface area is 138 Å². The van der Waals surface area contributed by atoms with Crippen LogP contribution in [-0.2, 0) is 17.9 Å². The predicted molar refractivity (Wildman–Crippen MR) is 90.8 cm³/mol. The summed E-state index contributed by atoms with van der Waals surface area (Å²) in [6.07, 6.45) is 6.34. The lowest BCUT2D eigenvalue weighted by atomic mass is 10.0. The summed E-state index contributed by atoms with van der Waals surface area (Å²) in [5, 5.41) is 12.8. The van der Waals surface area contributed by atoms with Crippen molar-refractivity contribution in [3.05, 3.63) is 35.4 Å². The van der Waals surface area contributed by atoms with E-state index >= 15 is 0 Å². The Morgan fingerprint density at radius 1 is 1.17 bits per heavy atom. The van der Waals surface area contributed by atoms with E-state index in [0.717, 1.165) is 26.1 Å². The predicted octanol–water partition coefficient (Wildman–Crippen LogP) is 2.45. The maximum Gasteiger partial charge on any atom is 0.220 e. The number of carbonyl (C=O) groups excluding carboxylic acids is 1. The number of aliphatic hydroxyl groups is 1. The van der Waals surface area contributed by atoms with Crippen LogP contribution in [0.4, 0.5) is 0 Å². The van der Waals surface area contributed by atoms with Crippen LogP contribution in [0.25, 0.3) is 0 Å². The minimum atomic E-state index is -0.187. The number of hydrogen-bond donors (Lipinski definition) is 2. The minimum absolute atomic E-state index is 0.184. The molecule has 1 atom stereocenters. The van der Waals surface area contributed by atoms with Gasteiger partial charge in [0.15, 0.2) is 0 Å². The van der Waals surface area contributed by atoms with Gasteiger partial charge >= 0.3 is 0 Å². The van der Waals surface area contributed by atoms with E-state index in [1.807, 2.05) is 12.1 Å². The van der Waals surface area contributed by atoms with Crippen molar-refractivity contribution in [3.8, 4) is 0 Å². The zero-order valence-corrected chi connectivity index (χ0v) is 13.8. The number of nitrogens with zero attached hydrogens (tertiary/aromatic N) is 1. The molecule has 0 spiro atoms. The Hall–Kier alpha value is -1.39. The molecule has 1 amide bonds. The zero-order chi connectivity index (χ0) is 16.1. The summed E-state index contributed by atoms with van der Waals surface area (Å²) in [7, 11) is 0. The number of aliphatic hydroxyl groups excluding tert-OH is 1. The fourth-order valence-corrected chi connectivity index (χ4v) is 3.82. The molecular weight excluding hydrogens is 288 g/mol. The Morgan fingerprint density at radius 2 is 1.91 bits per heavy atom. The minimum Gasteiger partial charge on any atom is -0.392 e. The highest BCUT2D eigenvalue weighted by molar-refractivity contribution is 5.76. The summed E-state index contributed by atoms with van der Waals surface area (Å²) < 4.78 is 0. The Kier molecular flexibility index (Phi) is 5.68. The third-order valence-electron chi connectivity index (χ3n) is 5.18. The van der Waals surface area contributed by atoms with Crippen molar-refractivity contribution in [1.29, 1.82) is 0 Å². The van der Waals surface area contributed by atoms with Gasteiger partial charge in [0.2, 0.25) is 5.91 Å². The van der Waals surface area contributed by atoms with E-state index in [4.69, 9.17) is 0 Å². The lowest BCUT2D eigenvalue weighted by Crippen LogP contribution is -2.26. The first kappa shape index (κ1) is 16.5. The molecule has 1 saturated carbocycles. The van der Waals surface area contributed by atoms with E-state index in [9.17, 15) is 9.90 Å². The lowest BCUT2D eigenvalue weighted by Gasteiger charge is -2.18. The molecule has 4 nitrogen and oxygen atoms in total. The van der Waals surface area contributed by atoms with Gasteiger partial charge in [-0.25, -0.2) is 0 Å². The number of β-amino-alcohol motifs (C(OH)–C–C–N with tert-alkyl or cyclic N) is 1. The summed E-state index contributed by atoms with van der Waals surface area (Å²) >= 11 is 0. The van der Waals surface area contributed by atoms with E-state index < -0.39 is 0 Å². The van der Waals surface area contributed by atoms with Gasteiger partial charge in [-0.05, 0) is 36.3 Å². The standard InChI is InChI=1S/C19H28N2O2/c22-18-9-10-21(14-18)13-17-8-4-3-7-16(17)12-20-19(23)11-15-5-1-2-6-15/h3-4,7-8,15,18,22H,1-2,5-6,9-14H2,(H,20,23)/t18-/m0/s1. The van der Waals surface area contributed by atoms with Gasteiger partial charge in [-0.1, -0.05) is 37.1 Å². The van der Waals surface area contributed by atoms with E-state index in [0.29, 0.717) is 18.9 Å².